The van der Waals surface area contributed by atoms with Gasteiger partial charge in [0.05, 0.1) is 12.7 Å². The lowest BCUT2D eigenvalue weighted by Crippen LogP contribution is -2.41. The van der Waals surface area contributed by atoms with Crippen molar-refractivity contribution in [1.29, 1.82) is 0 Å². The monoisotopic (exact) mass is 378 g/mol. The Balaban J connectivity index is 1.63. The molecule has 28 heavy (non-hydrogen) atoms. The van der Waals surface area contributed by atoms with Crippen LogP contribution in [0.15, 0.2) is 30.5 Å². The highest BCUT2D eigenvalue weighted by Crippen LogP contribution is 2.29. The number of carbonyl (C=O) groups excluding carboxylic acids is 1. The number of aromatic nitrogens is 1. The van der Waals surface area contributed by atoms with Crippen molar-refractivity contribution in [2.45, 2.75) is 33.4 Å². The Bertz CT molecular complexity index is 938. The van der Waals surface area contributed by atoms with Gasteiger partial charge in [-0.1, -0.05) is 0 Å². The van der Waals surface area contributed by atoms with Gasteiger partial charge in [-0.3, -0.25) is 4.79 Å². The number of hydrogen-bond acceptors (Lipinski definition) is 6. The Labute approximate surface area is 165 Å². The third-order valence-electron chi connectivity index (χ3n) is 5.22. The number of ketones is 1. The molecule has 0 amide bonds. The second-order valence-electron chi connectivity index (χ2n) is 7.45. The van der Waals surface area contributed by atoms with Gasteiger partial charge < -0.3 is 20.3 Å². The minimum Gasteiger partial charge on any atom is -0.387 e. The van der Waals surface area contributed by atoms with E-state index in [9.17, 15) is 4.79 Å². The van der Waals surface area contributed by atoms with E-state index in [1.807, 2.05) is 18.3 Å². The van der Waals surface area contributed by atoms with Crippen LogP contribution in [-0.2, 0) is 11.3 Å². The van der Waals surface area contributed by atoms with E-state index in [2.05, 4.69) is 52.6 Å². The molecule has 6 nitrogen and oxygen atoms in total. The van der Waals surface area contributed by atoms with E-state index in [1.54, 1.807) is 6.92 Å². The summed E-state index contributed by atoms with van der Waals surface area (Å²) in [6.45, 7) is 9.03. The molecule has 1 aromatic carbocycles. The zero-order valence-electron chi connectivity index (χ0n) is 16.6. The predicted molar refractivity (Wildman–Crippen MR) is 112 cm³/mol. The average Bonchev–Trinajstić information content (AvgIpc) is 2.68. The topological polar surface area (TPSA) is 66.5 Å². The lowest BCUT2D eigenvalue weighted by atomic mass is 10.0. The Morgan fingerprint density at radius 1 is 1.36 bits per heavy atom. The van der Waals surface area contributed by atoms with Gasteiger partial charge in [0, 0.05) is 43.5 Å². The molecule has 1 fully saturated rings. The zero-order valence-corrected chi connectivity index (χ0v) is 16.6. The van der Waals surface area contributed by atoms with E-state index in [0.717, 1.165) is 42.3 Å². The molecule has 2 aliphatic heterocycles. The fraction of sp³-hybridized carbons (Fsp3) is 0.364. The summed E-state index contributed by atoms with van der Waals surface area (Å²) in [6, 6.07) is 8.21. The van der Waals surface area contributed by atoms with E-state index < -0.39 is 0 Å². The van der Waals surface area contributed by atoms with Gasteiger partial charge >= 0.3 is 0 Å². The van der Waals surface area contributed by atoms with E-state index >= 15 is 0 Å². The van der Waals surface area contributed by atoms with Crippen LogP contribution in [0.4, 0.5) is 17.2 Å². The fourth-order valence-corrected chi connectivity index (χ4v) is 3.78. The first-order chi connectivity index (χ1) is 13.5. The summed E-state index contributed by atoms with van der Waals surface area (Å²) >= 11 is 0. The Hall–Kier alpha value is -2.86. The number of fused-ring (bicyclic) bond motifs is 1. The van der Waals surface area contributed by atoms with Crippen molar-refractivity contribution in [2.24, 2.45) is 0 Å². The summed E-state index contributed by atoms with van der Waals surface area (Å²) in [5.41, 5.74) is 5.97. The molecule has 1 atom stereocenters. The number of anilines is 3. The first-order valence-corrected chi connectivity index (χ1v) is 9.70. The lowest BCUT2D eigenvalue weighted by Gasteiger charge is -2.34. The molecule has 4 rings (SSSR count). The summed E-state index contributed by atoms with van der Waals surface area (Å²) in [7, 11) is 0. The maximum Gasteiger partial charge on any atom is 0.178 e. The number of rotatable bonds is 4. The third kappa shape index (κ3) is 3.73. The second kappa shape index (κ2) is 7.64. The lowest BCUT2D eigenvalue weighted by molar-refractivity contribution is 0.0532. The van der Waals surface area contributed by atoms with Crippen LogP contribution in [0.2, 0.25) is 0 Å². The molecule has 2 aliphatic rings. The molecule has 3 heterocycles. The van der Waals surface area contributed by atoms with Crippen LogP contribution in [-0.4, -0.2) is 36.6 Å². The molecule has 0 radical (unpaired) electrons. The molecule has 0 bridgehead atoms. The van der Waals surface area contributed by atoms with Crippen LogP contribution < -0.4 is 15.5 Å². The highest BCUT2D eigenvalue weighted by atomic mass is 16.5. The van der Waals surface area contributed by atoms with Gasteiger partial charge in [-0.2, -0.15) is 0 Å². The highest BCUT2D eigenvalue weighted by Gasteiger charge is 2.19. The average molecular weight is 378 g/mol. The summed E-state index contributed by atoms with van der Waals surface area (Å²) in [4.78, 5) is 18.8. The number of benzene rings is 1. The van der Waals surface area contributed by atoms with Crippen molar-refractivity contribution in [2.75, 3.05) is 29.9 Å². The minimum absolute atomic E-state index is 0.0363. The van der Waals surface area contributed by atoms with Crippen LogP contribution >= 0.6 is 0 Å². The van der Waals surface area contributed by atoms with Gasteiger partial charge in [0.25, 0.3) is 0 Å². The normalized spacial score (nSPS) is 18.4. The molecule has 0 saturated carbocycles. The molecule has 2 aromatic rings. The summed E-state index contributed by atoms with van der Waals surface area (Å²) in [5.74, 6) is 0.692. The van der Waals surface area contributed by atoms with E-state index in [0.29, 0.717) is 12.2 Å². The first kappa shape index (κ1) is 18.5. The van der Waals surface area contributed by atoms with Gasteiger partial charge in [0.1, 0.15) is 11.5 Å². The number of morpholine rings is 1. The standard InChI is InChI=1S/C22H26N4O2/c1-14-10-18(4-5-21(14)26-8-9-28-15(2)13-26)24-22-19-12-23-7-6-17(19)11-20(25-22)16(3)27/h4-7,10-11,15,23H,8-9,12-13H2,1-3H3,(H,24,25)/t15-/m1/s1. The van der Waals surface area contributed by atoms with Crippen LogP contribution in [0.1, 0.15) is 41.0 Å². The summed E-state index contributed by atoms with van der Waals surface area (Å²) in [5, 5.41) is 6.65. The van der Waals surface area contributed by atoms with Crippen molar-refractivity contribution in [3.8, 4) is 0 Å². The van der Waals surface area contributed by atoms with Crippen LogP contribution in [0.3, 0.4) is 0 Å². The molecule has 1 saturated heterocycles. The first-order valence-electron chi connectivity index (χ1n) is 9.70. The van der Waals surface area contributed by atoms with Crippen LogP contribution in [0, 0.1) is 6.92 Å². The van der Waals surface area contributed by atoms with E-state index in [4.69, 9.17) is 4.74 Å². The van der Waals surface area contributed by atoms with Gasteiger partial charge in [-0.05, 0) is 61.5 Å². The number of carbonyl (C=O) groups is 1. The van der Waals surface area contributed by atoms with Gasteiger partial charge in [0.15, 0.2) is 5.78 Å². The SMILES string of the molecule is CC(=O)c1cc2c(c(Nc3ccc(N4CCO[C@H](C)C4)c(C)c3)n1)CNC=C2. The number of aryl methyl sites for hydroxylation is 1. The van der Waals surface area contributed by atoms with Crippen LogP contribution in [0.25, 0.3) is 6.08 Å². The van der Waals surface area contributed by atoms with Crippen molar-refractivity contribution >= 4 is 29.1 Å². The number of pyridine rings is 1. The summed E-state index contributed by atoms with van der Waals surface area (Å²) in [6.07, 6.45) is 4.13. The maximum absolute atomic E-state index is 11.9. The van der Waals surface area contributed by atoms with Crippen molar-refractivity contribution in [1.82, 2.24) is 10.3 Å². The van der Waals surface area contributed by atoms with E-state index in [1.165, 1.54) is 11.3 Å². The van der Waals surface area contributed by atoms with Crippen molar-refractivity contribution < 1.29 is 9.53 Å². The fourth-order valence-electron chi connectivity index (χ4n) is 3.78. The number of nitrogens with one attached hydrogen (secondary N) is 2. The number of hydrogen-bond donors (Lipinski definition) is 2. The third-order valence-corrected chi connectivity index (χ3v) is 5.22. The zero-order chi connectivity index (χ0) is 19.7. The predicted octanol–water partition coefficient (Wildman–Crippen LogP) is 3.64. The Kier molecular flexibility index (Phi) is 5.05. The Morgan fingerprint density at radius 2 is 2.21 bits per heavy atom. The maximum atomic E-state index is 11.9. The smallest absolute Gasteiger partial charge is 0.178 e. The molecule has 0 aliphatic carbocycles. The largest absolute Gasteiger partial charge is 0.387 e. The molecule has 1 aromatic heterocycles. The van der Waals surface area contributed by atoms with Crippen LogP contribution in [0.5, 0.6) is 0 Å². The van der Waals surface area contributed by atoms with Crippen molar-refractivity contribution in [3.63, 3.8) is 0 Å². The number of ether oxygens (including phenoxy) is 1. The molecular weight excluding hydrogens is 352 g/mol. The molecule has 2 N–H and O–H groups in total. The highest BCUT2D eigenvalue weighted by molar-refractivity contribution is 5.93. The number of Topliss-reactive ketones (excluding diaryl/α,β-unsaturated/α-hetero) is 1. The van der Waals surface area contributed by atoms with Gasteiger partial charge in [0.2, 0.25) is 0 Å². The molecule has 6 heteroatoms. The van der Waals surface area contributed by atoms with Gasteiger partial charge in [-0.25, -0.2) is 4.98 Å². The van der Waals surface area contributed by atoms with Crippen molar-refractivity contribution in [3.05, 3.63) is 52.8 Å². The molecular formula is C22H26N4O2. The minimum atomic E-state index is -0.0363. The molecule has 0 unspecified atom stereocenters. The summed E-state index contributed by atoms with van der Waals surface area (Å²) < 4.78 is 5.65. The molecule has 146 valence electrons. The number of nitrogens with zero attached hydrogens (tertiary/aromatic N) is 2. The van der Waals surface area contributed by atoms with E-state index in [-0.39, 0.29) is 11.9 Å². The molecule has 0 spiro atoms. The second-order valence-corrected chi connectivity index (χ2v) is 7.45. The Morgan fingerprint density at radius 3 is 2.96 bits per heavy atom. The quantitative estimate of drug-likeness (QED) is 0.792. The van der Waals surface area contributed by atoms with Gasteiger partial charge in [-0.15, -0.1) is 0 Å².